The van der Waals surface area contributed by atoms with E-state index < -0.39 is 17.9 Å². The summed E-state index contributed by atoms with van der Waals surface area (Å²) in [4.78, 5) is 31.4. The number of nitrogens with one attached hydrogen (secondary N) is 1. The lowest BCUT2D eigenvalue weighted by Gasteiger charge is -2.27. The van der Waals surface area contributed by atoms with E-state index in [0.717, 1.165) is 0 Å². The lowest BCUT2D eigenvalue weighted by atomic mass is 10.2. The summed E-state index contributed by atoms with van der Waals surface area (Å²) in [6, 6.07) is 9.81. The van der Waals surface area contributed by atoms with Gasteiger partial charge in [-0.3, -0.25) is 9.36 Å². The molecule has 1 aromatic heterocycles. The quantitative estimate of drug-likeness (QED) is 0.701. The predicted octanol–water partition coefficient (Wildman–Crippen LogP) is 4.43. The lowest BCUT2D eigenvalue weighted by Crippen LogP contribution is -2.37. The van der Waals surface area contributed by atoms with Crippen molar-refractivity contribution < 1.29 is 9.18 Å². The van der Waals surface area contributed by atoms with Gasteiger partial charge in [0.05, 0.1) is 22.6 Å². The molecule has 1 atom stereocenters. The first-order valence-corrected chi connectivity index (χ1v) is 9.19. The number of hydrogen-bond acceptors (Lipinski definition) is 3. The third-order valence-corrected chi connectivity index (χ3v) is 4.89. The van der Waals surface area contributed by atoms with E-state index in [2.05, 4.69) is 10.3 Å². The van der Waals surface area contributed by atoms with Crippen molar-refractivity contribution in [3.05, 3.63) is 69.5 Å². The van der Waals surface area contributed by atoms with Crippen molar-refractivity contribution >= 4 is 34.2 Å². The van der Waals surface area contributed by atoms with Crippen molar-refractivity contribution in [1.82, 2.24) is 14.5 Å². The van der Waals surface area contributed by atoms with Gasteiger partial charge in [-0.05, 0) is 44.2 Å². The number of fused-ring (bicyclic) bond motifs is 1. The number of carbonyl (C=O) groups is 1. The van der Waals surface area contributed by atoms with Gasteiger partial charge in [0, 0.05) is 18.6 Å². The van der Waals surface area contributed by atoms with Crippen LogP contribution < -0.4 is 10.9 Å². The minimum atomic E-state index is -0.528. The minimum Gasteiger partial charge on any atom is -0.318 e. The second kappa shape index (κ2) is 7.98. The summed E-state index contributed by atoms with van der Waals surface area (Å²) in [7, 11) is 1.57. The van der Waals surface area contributed by atoms with Crippen LogP contribution in [0.1, 0.15) is 25.7 Å². The zero-order valence-electron chi connectivity index (χ0n) is 15.7. The predicted molar refractivity (Wildman–Crippen MR) is 108 cm³/mol. The normalized spacial score (nSPS) is 12.0. The molecule has 0 fully saturated rings. The summed E-state index contributed by atoms with van der Waals surface area (Å²) in [5.74, 6) is -0.0865. The molecule has 0 saturated heterocycles. The molecule has 0 aliphatic rings. The van der Waals surface area contributed by atoms with Gasteiger partial charge in [0.1, 0.15) is 11.6 Å². The second-order valence-electron chi connectivity index (χ2n) is 6.38. The van der Waals surface area contributed by atoms with E-state index in [1.54, 1.807) is 44.3 Å². The first kappa shape index (κ1) is 19.8. The van der Waals surface area contributed by atoms with Crippen molar-refractivity contribution in [3.63, 3.8) is 0 Å². The molecule has 3 rings (SSSR count). The summed E-state index contributed by atoms with van der Waals surface area (Å²) in [6.45, 7) is 3.97. The number of para-hydroxylation sites is 1. The molecule has 1 heterocycles. The third kappa shape index (κ3) is 3.71. The first-order valence-electron chi connectivity index (χ1n) is 8.81. The Morgan fingerprint density at radius 2 is 2.04 bits per heavy atom. The van der Waals surface area contributed by atoms with Crippen LogP contribution in [0.4, 0.5) is 14.9 Å². The highest BCUT2D eigenvalue weighted by molar-refractivity contribution is 6.31. The van der Waals surface area contributed by atoms with Gasteiger partial charge in [-0.2, -0.15) is 0 Å². The van der Waals surface area contributed by atoms with Gasteiger partial charge in [0.25, 0.3) is 5.56 Å². The molecular formula is C20H20ClFN4O2. The van der Waals surface area contributed by atoms with Gasteiger partial charge < -0.3 is 10.2 Å². The van der Waals surface area contributed by atoms with E-state index in [4.69, 9.17) is 11.6 Å². The molecule has 2 aromatic carbocycles. The maximum absolute atomic E-state index is 13.8. The number of urea groups is 1. The molecular weight excluding hydrogens is 383 g/mol. The zero-order valence-corrected chi connectivity index (χ0v) is 16.5. The highest BCUT2D eigenvalue weighted by atomic mass is 35.5. The number of halogens is 2. The van der Waals surface area contributed by atoms with Crippen molar-refractivity contribution in [1.29, 1.82) is 0 Å². The molecule has 3 aromatic rings. The molecule has 0 radical (unpaired) electrons. The van der Waals surface area contributed by atoms with Crippen molar-refractivity contribution in [2.75, 3.05) is 12.4 Å². The molecule has 0 spiro atoms. The van der Waals surface area contributed by atoms with Gasteiger partial charge in [-0.1, -0.05) is 23.7 Å². The Balaban J connectivity index is 1.96. The van der Waals surface area contributed by atoms with Gasteiger partial charge in [-0.15, -0.1) is 0 Å². The van der Waals surface area contributed by atoms with Crippen molar-refractivity contribution in [3.8, 4) is 0 Å². The molecule has 0 aliphatic heterocycles. The lowest BCUT2D eigenvalue weighted by molar-refractivity contribution is 0.204. The second-order valence-corrected chi connectivity index (χ2v) is 6.81. The Labute approximate surface area is 166 Å². The maximum Gasteiger partial charge on any atom is 0.322 e. The number of hydrogen-bond donors (Lipinski definition) is 1. The molecule has 146 valence electrons. The highest BCUT2D eigenvalue weighted by Crippen LogP contribution is 2.22. The van der Waals surface area contributed by atoms with Crippen LogP contribution in [-0.2, 0) is 6.54 Å². The van der Waals surface area contributed by atoms with E-state index in [0.29, 0.717) is 28.3 Å². The number of anilines is 1. The summed E-state index contributed by atoms with van der Waals surface area (Å²) in [5, 5.41) is 3.41. The Bertz CT molecular complexity index is 1100. The zero-order chi connectivity index (χ0) is 20.4. The third-order valence-electron chi connectivity index (χ3n) is 4.65. The van der Waals surface area contributed by atoms with Crippen LogP contribution in [0.25, 0.3) is 10.9 Å². The van der Waals surface area contributed by atoms with Crippen LogP contribution in [0.5, 0.6) is 0 Å². The fourth-order valence-corrected chi connectivity index (χ4v) is 3.12. The van der Waals surface area contributed by atoms with Crippen LogP contribution >= 0.6 is 11.6 Å². The average Bonchev–Trinajstić information content (AvgIpc) is 2.68. The van der Waals surface area contributed by atoms with Crippen LogP contribution in [-0.4, -0.2) is 27.5 Å². The molecule has 8 heteroatoms. The van der Waals surface area contributed by atoms with Gasteiger partial charge >= 0.3 is 6.03 Å². The van der Waals surface area contributed by atoms with Gasteiger partial charge in [0.2, 0.25) is 0 Å². The van der Waals surface area contributed by atoms with Crippen LogP contribution in [0, 0.1) is 5.82 Å². The standard InChI is InChI=1S/C20H20ClFN4O2/c1-4-26-18(23-16-10-9-13(21)11-14(16)19(26)27)12(2)25(3)20(28)24-17-8-6-5-7-15(17)22/h5-12H,4H2,1-3H3,(H,24,28). The summed E-state index contributed by atoms with van der Waals surface area (Å²) in [5.41, 5.74) is 0.365. The summed E-state index contributed by atoms with van der Waals surface area (Å²) in [6.07, 6.45) is 0. The number of amides is 2. The molecule has 1 N–H and O–H groups in total. The van der Waals surface area contributed by atoms with Crippen molar-refractivity contribution in [2.24, 2.45) is 0 Å². The smallest absolute Gasteiger partial charge is 0.318 e. The van der Waals surface area contributed by atoms with Crippen LogP contribution in [0.2, 0.25) is 5.02 Å². The Morgan fingerprint density at radius 1 is 1.32 bits per heavy atom. The summed E-state index contributed by atoms with van der Waals surface area (Å²) < 4.78 is 15.3. The summed E-state index contributed by atoms with van der Waals surface area (Å²) >= 11 is 6.00. The van der Waals surface area contributed by atoms with Crippen LogP contribution in [0.3, 0.4) is 0 Å². The van der Waals surface area contributed by atoms with E-state index in [1.165, 1.54) is 21.6 Å². The molecule has 28 heavy (non-hydrogen) atoms. The molecule has 2 amide bonds. The highest BCUT2D eigenvalue weighted by Gasteiger charge is 2.23. The number of carbonyl (C=O) groups excluding carboxylic acids is 1. The number of aromatic nitrogens is 2. The molecule has 6 nitrogen and oxygen atoms in total. The SMILES string of the molecule is CCn1c(C(C)N(C)C(=O)Nc2ccccc2F)nc2ccc(Cl)cc2c1=O. The monoisotopic (exact) mass is 402 g/mol. The average molecular weight is 403 g/mol. The number of benzene rings is 2. The topological polar surface area (TPSA) is 67.2 Å². The van der Waals surface area contributed by atoms with Crippen LogP contribution in [0.15, 0.2) is 47.3 Å². The Hall–Kier alpha value is -2.93. The van der Waals surface area contributed by atoms with E-state index in [1.807, 2.05) is 6.92 Å². The first-order chi connectivity index (χ1) is 13.3. The molecule has 0 aliphatic carbocycles. The maximum atomic E-state index is 13.8. The Kier molecular flexibility index (Phi) is 5.65. The largest absolute Gasteiger partial charge is 0.322 e. The number of nitrogens with zero attached hydrogens (tertiary/aromatic N) is 3. The van der Waals surface area contributed by atoms with Gasteiger partial charge in [0.15, 0.2) is 0 Å². The fraction of sp³-hybridized carbons (Fsp3) is 0.250. The minimum absolute atomic E-state index is 0.0838. The van der Waals surface area contributed by atoms with E-state index >= 15 is 0 Å². The van der Waals surface area contributed by atoms with Crippen molar-refractivity contribution in [2.45, 2.75) is 26.4 Å². The van der Waals surface area contributed by atoms with E-state index in [-0.39, 0.29) is 11.2 Å². The molecule has 0 bridgehead atoms. The molecule has 1 unspecified atom stereocenters. The van der Waals surface area contributed by atoms with Gasteiger partial charge in [-0.25, -0.2) is 14.2 Å². The Morgan fingerprint density at radius 3 is 2.71 bits per heavy atom. The fourth-order valence-electron chi connectivity index (χ4n) is 2.95. The van der Waals surface area contributed by atoms with E-state index in [9.17, 15) is 14.0 Å². The number of rotatable bonds is 4. The molecule has 0 saturated carbocycles.